The second-order valence-corrected chi connectivity index (χ2v) is 6.59. The van der Waals surface area contributed by atoms with Crippen LogP contribution in [0.25, 0.3) is 0 Å². The van der Waals surface area contributed by atoms with Crippen molar-refractivity contribution in [1.82, 2.24) is 5.32 Å². The Labute approximate surface area is 146 Å². The third kappa shape index (κ3) is 6.54. The molecule has 0 bridgehead atoms. The zero-order valence-electron chi connectivity index (χ0n) is 13.9. The van der Waals surface area contributed by atoms with Crippen LogP contribution in [0.15, 0.2) is 41.8 Å². The second kappa shape index (κ2) is 9.88. The molecule has 0 unspecified atom stereocenters. The fraction of sp³-hybridized carbons (Fsp3) is 0.368. The van der Waals surface area contributed by atoms with Gasteiger partial charge in [-0.1, -0.05) is 35.9 Å². The molecule has 1 aromatic carbocycles. The number of hydrogen-bond acceptors (Lipinski definition) is 4. The molecule has 24 heavy (non-hydrogen) atoms. The fourth-order valence-electron chi connectivity index (χ4n) is 2.22. The number of benzene rings is 1. The van der Waals surface area contributed by atoms with Crippen molar-refractivity contribution >= 4 is 23.2 Å². The first-order chi connectivity index (χ1) is 11.6. The number of hydrogen-bond donors (Lipinski definition) is 1. The Morgan fingerprint density at radius 1 is 1.12 bits per heavy atom. The molecular weight excluding hydrogens is 322 g/mol. The van der Waals surface area contributed by atoms with E-state index in [2.05, 4.69) is 36.5 Å². The number of rotatable bonds is 9. The summed E-state index contributed by atoms with van der Waals surface area (Å²) in [6.45, 7) is 2.91. The van der Waals surface area contributed by atoms with E-state index in [-0.39, 0.29) is 11.9 Å². The number of thiophene rings is 1. The molecule has 1 heterocycles. The van der Waals surface area contributed by atoms with Gasteiger partial charge in [-0.25, -0.2) is 0 Å². The molecule has 1 amide bonds. The lowest BCUT2D eigenvalue weighted by Gasteiger charge is -2.06. The Morgan fingerprint density at radius 3 is 2.62 bits per heavy atom. The van der Waals surface area contributed by atoms with Crippen LogP contribution in [0.5, 0.6) is 0 Å². The van der Waals surface area contributed by atoms with Crippen LogP contribution >= 0.6 is 11.3 Å². The number of aryl methyl sites for hydroxylation is 2. The van der Waals surface area contributed by atoms with Gasteiger partial charge in [-0.05, 0) is 43.2 Å². The molecule has 0 fully saturated rings. The first-order valence-electron chi connectivity index (χ1n) is 8.18. The summed E-state index contributed by atoms with van der Waals surface area (Å²) in [5.74, 6) is -0.249. The first-order valence-corrected chi connectivity index (χ1v) is 9.06. The fourth-order valence-corrected chi connectivity index (χ4v) is 2.86. The van der Waals surface area contributed by atoms with Gasteiger partial charge in [0, 0.05) is 13.0 Å². The van der Waals surface area contributed by atoms with Crippen molar-refractivity contribution in [2.45, 2.75) is 32.6 Å². The van der Waals surface area contributed by atoms with E-state index in [1.165, 1.54) is 22.5 Å². The van der Waals surface area contributed by atoms with Gasteiger partial charge in [0.2, 0.25) is 0 Å². The van der Waals surface area contributed by atoms with E-state index in [4.69, 9.17) is 4.74 Å². The summed E-state index contributed by atoms with van der Waals surface area (Å²) in [5, 5.41) is 4.68. The average Bonchev–Trinajstić information content (AvgIpc) is 3.11. The Morgan fingerprint density at radius 2 is 1.92 bits per heavy atom. The topological polar surface area (TPSA) is 55.4 Å². The van der Waals surface area contributed by atoms with Crippen molar-refractivity contribution in [3.05, 3.63) is 57.8 Å². The van der Waals surface area contributed by atoms with Gasteiger partial charge in [-0.3, -0.25) is 9.59 Å². The Kier molecular flexibility index (Phi) is 7.49. The van der Waals surface area contributed by atoms with Crippen molar-refractivity contribution in [2.75, 3.05) is 13.2 Å². The molecule has 2 aromatic rings. The maximum Gasteiger partial charge on any atom is 0.305 e. The molecule has 0 aliphatic heterocycles. The zero-order valence-corrected chi connectivity index (χ0v) is 14.7. The van der Waals surface area contributed by atoms with Crippen LogP contribution in [0, 0.1) is 6.92 Å². The van der Waals surface area contributed by atoms with E-state index in [0.29, 0.717) is 30.9 Å². The Balaban J connectivity index is 1.50. The van der Waals surface area contributed by atoms with Gasteiger partial charge >= 0.3 is 5.97 Å². The van der Waals surface area contributed by atoms with Crippen LogP contribution in [0.3, 0.4) is 0 Å². The summed E-state index contributed by atoms with van der Waals surface area (Å²) >= 11 is 1.41. The van der Waals surface area contributed by atoms with Gasteiger partial charge in [-0.2, -0.15) is 0 Å². The molecule has 1 aromatic heterocycles. The van der Waals surface area contributed by atoms with Crippen LogP contribution in [-0.2, 0) is 16.0 Å². The van der Waals surface area contributed by atoms with Gasteiger partial charge in [0.15, 0.2) is 0 Å². The molecule has 0 saturated carbocycles. The number of nitrogens with one attached hydrogen (secondary N) is 1. The minimum Gasteiger partial charge on any atom is -0.466 e. The van der Waals surface area contributed by atoms with E-state index in [0.717, 1.165) is 12.8 Å². The van der Waals surface area contributed by atoms with Gasteiger partial charge in [0.05, 0.1) is 11.5 Å². The predicted molar refractivity (Wildman–Crippen MR) is 96.3 cm³/mol. The summed E-state index contributed by atoms with van der Waals surface area (Å²) in [7, 11) is 0. The van der Waals surface area contributed by atoms with Crippen molar-refractivity contribution in [2.24, 2.45) is 0 Å². The van der Waals surface area contributed by atoms with Gasteiger partial charge in [-0.15, -0.1) is 11.3 Å². The minimum atomic E-state index is -0.174. The number of carbonyl (C=O) groups is 2. The molecule has 0 radical (unpaired) electrons. The summed E-state index contributed by atoms with van der Waals surface area (Å²) in [5.41, 5.74) is 2.48. The molecule has 2 rings (SSSR count). The quantitative estimate of drug-likeness (QED) is 0.556. The van der Waals surface area contributed by atoms with Gasteiger partial charge in [0.25, 0.3) is 5.91 Å². The predicted octanol–water partition coefficient (Wildman–Crippen LogP) is 3.74. The normalized spacial score (nSPS) is 10.4. The van der Waals surface area contributed by atoms with Crippen molar-refractivity contribution in [1.29, 1.82) is 0 Å². The van der Waals surface area contributed by atoms with Crippen molar-refractivity contribution in [3.8, 4) is 0 Å². The van der Waals surface area contributed by atoms with E-state index < -0.39 is 0 Å². The largest absolute Gasteiger partial charge is 0.466 e. The van der Waals surface area contributed by atoms with E-state index in [9.17, 15) is 9.59 Å². The van der Waals surface area contributed by atoms with E-state index in [1.54, 1.807) is 6.07 Å². The minimum absolute atomic E-state index is 0.0746. The van der Waals surface area contributed by atoms with Crippen LogP contribution in [0.4, 0.5) is 0 Å². The third-order valence-corrected chi connectivity index (χ3v) is 4.45. The molecule has 0 aliphatic carbocycles. The zero-order chi connectivity index (χ0) is 17.2. The van der Waals surface area contributed by atoms with Crippen LogP contribution in [-0.4, -0.2) is 25.0 Å². The Bertz CT molecular complexity index is 635. The monoisotopic (exact) mass is 345 g/mol. The molecule has 1 N–H and O–H groups in total. The molecule has 5 heteroatoms. The number of esters is 1. The number of amides is 1. The Hall–Kier alpha value is -2.14. The maximum absolute atomic E-state index is 11.7. The SMILES string of the molecule is Cc1ccc(CCCC(=O)OCCCNC(=O)c2cccs2)cc1. The third-order valence-electron chi connectivity index (χ3n) is 3.58. The van der Waals surface area contributed by atoms with Crippen LogP contribution < -0.4 is 5.32 Å². The highest BCUT2D eigenvalue weighted by molar-refractivity contribution is 7.12. The van der Waals surface area contributed by atoms with E-state index >= 15 is 0 Å². The van der Waals surface area contributed by atoms with Gasteiger partial charge in [0.1, 0.15) is 0 Å². The van der Waals surface area contributed by atoms with Crippen molar-refractivity contribution < 1.29 is 14.3 Å². The average molecular weight is 345 g/mol. The van der Waals surface area contributed by atoms with Gasteiger partial charge < -0.3 is 10.1 Å². The summed E-state index contributed by atoms with van der Waals surface area (Å²) in [4.78, 5) is 24.1. The summed E-state index contributed by atoms with van der Waals surface area (Å²) in [6, 6.07) is 12.0. The standard InChI is InChI=1S/C19H23NO3S/c1-15-8-10-16(11-9-15)5-2-7-18(21)23-13-4-12-20-19(22)17-6-3-14-24-17/h3,6,8-11,14H,2,4-5,7,12-13H2,1H3,(H,20,22). The molecule has 0 aliphatic rings. The highest BCUT2D eigenvalue weighted by atomic mass is 32.1. The maximum atomic E-state index is 11.7. The van der Waals surface area contributed by atoms with Crippen LogP contribution in [0.2, 0.25) is 0 Å². The molecule has 0 saturated heterocycles. The smallest absolute Gasteiger partial charge is 0.305 e. The lowest BCUT2D eigenvalue weighted by Crippen LogP contribution is -2.24. The van der Waals surface area contributed by atoms with Crippen molar-refractivity contribution in [3.63, 3.8) is 0 Å². The lowest BCUT2D eigenvalue weighted by molar-refractivity contribution is -0.143. The number of carbonyl (C=O) groups excluding carboxylic acids is 2. The molecule has 0 atom stereocenters. The highest BCUT2D eigenvalue weighted by Crippen LogP contribution is 2.08. The highest BCUT2D eigenvalue weighted by Gasteiger charge is 2.06. The second-order valence-electron chi connectivity index (χ2n) is 5.65. The summed E-state index contributed by atoms with van der Waals surface area (Å²) < 4.78 is 5.18. The molecule has 128 valence electrons. The van der Waals surface area contributed by atoms with Crippen LogP contribution in [0.1, 0.15) is 40.1 Å². The van der Waals surface area contributed by atoms with E-state index in [1.807, 2.05) is 11.4 Å². The molecular formula is C19H23NO3S. The summed E-state index contributed by atoms with van der Waals surface area (Å²) in [6.07, 6.45) is 2.72. The molecule has 4 nitrogen and oxygen atoms in total. The first kappa shape index (κ1) is 18.2. The lowest BCUT2D eigenvalue weighted by atomic mass is 10.1. The number of ether oxygens (including phenoxy) is 1. The molecule has 0 spiro atoms.